The van der Waals surface area contributed by atoms with Gasteiger partial charge in [-0.2, -0.15) is 0 Å². The predicted octanol–water partition coefficient (Wildman–Crippen LogP) is 2.22. The van der Waals surface area contributed by atoms with Gasteiger partial charge in [0.2, 0.25) is 22.7 Å². The zero-order valence-corrected chi connectivity index (χ0v) is 15.8. The van der Waals surface area contributed by atoms with Crippen molar-refractivity contribution in [1.82, 2.24) is 4.90 Å². The largest absolute Gasteiger partial charge is 0.454 e. The molecule has 25 heavy (non-hydrogen) atoms. The second-order valence-corrected chi connectivity index (χ2v) is 7.91. The quantitative estimate of drug-likeness (QED) is 0.666. The molecular weight excluding hydrogens is 344 g/mol. The van der Waals surface area contributed by atoms with Gasteiger partial charge < -0.3 is 14.4 Å². The lowest BCUT2D eigenvalue weighted by Gasteiger charge is -2.25. The highest BCUT2D eigenvalue weighted by molar-refractivity contribution is 7.92. The number of amides is 1. The molecule has 0 fully saturated rings. The Balaban J connectivity index is 2.12. The molecule has 1 heterocycles. The molecule has 1 aliphatic rings. The van der Waals surface area contributed by atoms with E-state index >= 15 is 0 Å². The van der Waals surface area contributed by atoms with Gasteiger partial charge in [0.05, 0.1) is 11.9 Å². The lowest BCUT2D eigenvalue weighted by molar-refractivity contribution is -0.131. The van der Waals surface area contributed by atoms with Gasteiger partial charge in [-0.05, 0) is 25.0 Å². The molecule has 0 spiro atoms. The molecule has 2 rings (SSSR count). The Morgan fingerprint density at radius 2 is 1.72 bits per heavy atom. The summed E-state index contributed by atoms with van der Waals surface area (Å²) in [7, 11) is -3.52. The Morgan fingerprint density at radius 1 is 1.08 bits per heavy atom. The number of hydrogen-bond acceptors (Lipinski definition) is 5. The zero-order valence-electron chi connectivity index (χ0n) is 15.0. The van der Waals surface area contributed by atoms with Crippen LogP contribution in [-0.4, -0.2) is 51.9 Å². The lowest BCUT2D eigenvalue weighted by atomic mass is 10.2. The van der Waals surface area contributed by atoms with E-state index in [1.165, 1.54) is 4.31 Å². The van der Waals surface area contributed by atoms with Crippen molar-refractivity contribution in [2.24, 2.45) is 0 Å². The molecule has 0 radical (unpaired) electrons. The first-order valence-electron chi connectivity index (χ1n) is 8.52. The molecule has 0 N–H and O–H groups in total. The Morgan fingerprint density at radius 3 is 2.32 bits per heavy atom. The van der Waals surface area contributed by atoms with Crippen molar-refractivity contribution in [1.29, 1.82) is 0 Å². The first-order chi connectivity index (χ1) is 11.9. The highest BCUT2D eigenvalue weighted by atomic mass is 32.2. The third kappa shape index (κ3) is 5.01. The van der Waals surface area contributed by atoms with E-state index in [1.807, 2.05) is 13.8 Å². The highest BCUT2D eigenvalue weighted by Gasteiger charge is 2.23. The molecule has 1 aliphatic heterocycles. The van der Waals surface area contributed by atoms with Crippen molar-refractivity contribution >= 4 is 21.6 Å². The van der Waals surface area contributed by atoms with Gasteiger partial charge in [-0.25, -0.2) is 8.42 Å². The molecule has 8 heteroatoms. The van der Waals surface area contributed by atoms with Crippen LogP contribution in [-0.2, 0) is 14.8 Å². The molecule has 0 saturated carbocycles. The van der Waals surface area contributed by atoms with Crippen molar-refractivity contribution < 1.29 is 22.7 Å². The first kappa shape index (κ1) is 19.4. The first-order valence-corrected chi connectivity index (χ1v) is 10.4. The van der Waals surface area contributed by atoms with Crippen LogP contribution in [0.25, 0.3) is 0 Å². The van der Waals surface area contributed by atoms with Crippen LogP contribution in [0.1, 0.15) is 33.1 Å². The smallest absolute Gasteiger partial charge is 0.232 e. The molecule has 0 aliphatic carbocycles. The van der Waals surface area contributed by atoms with E-state index < -0.39 is 10.0 Å². The summed E-state index contributed by atoms with van der Waals surface area (Å²) in [5.41, 5.74) is 0.470. The minimum atomic E-state index is -3.52. The summed E-state index contributed by atoms with van der Waals surface area (Å²) >= 11 is 0. The molecule has 7 nitrogen and oxygen atoms in total. The van der Waals surface area contributed by atoms with Crippen molar-refractivity contribution in [3.05, 3.63) is 18.2 Å². The summed E-state index contributed by atoms with van der Waals surface area (Å²) in [4.78, 5) is 14.2. The normalized spacial score (nSPS) is 12.9. The Hall–Kier alpha value is -1.96. The monoisotopic (exact) mass is 370 g/mol. The number of rotatable bonds is 9. The van der Waals surface area contributed by atoms with Crippen LogP contribution in [0.5, 0.6) is 11.5 Å². The highest BCUT2D eigenvalue weighted by Crippen LogP contribution is 2.36. The summed E-state index contributed by atoms with van der Waals surface area (Å²) in [5, 5.41) is 0. The summed E-state index contributed by atoms with van der Waals surface area (Å²) in [6, 6.07) is 4.97. The summed E-state index contributed by atoms with van der Waals surface area (Å²) in [6.45, 7) is 5.64. The maximum absolute atomic E-state index is 12.4. The lowest BCUT2D eigenvalue weighted by Crippen LogP contribution is -2.37. The fraction of sp³-hybridized carbons (Fsp3) is 0.588. The molecule has 0 bridgehead atoms. The fourth-order valence-electron chi connectivity index (χ4n) is 2.78. The third-order valence-corrected chi connectivity index (χ3v) is 5.11. The molecule has 0 saturated heterocycles. The van der Waals surface area contributed by atoms with Crippen molar-refractivity contribution in [2.45, 2.75) is 33.1 Å². The Labute approximate surface area is 149 Å². The van der Waals surface area contributed by atoms with Crippen LogP contribution in [0.2, 0.25) is 0 Å². The van der Waals surface area contributed by atoms with E-state index in [9.17, 15) is 13.2 Å². The molecule has 0 atom stereocenters. The minimum absolute atomic E-state index is 0.0295. The van der Waals surface area contributed by atoms with E-state index in [2.05, 4.69) is 0 Å². The molecule has 140 valence electrons. The number of ether oxygens (including phenoxy) is 2. The fourth-order valence-corrected chi connectivity index (χ4v) is 3.70. The van der Waals surface area contributed by atoms with E-state index in [0.717, 1.165) is 19.1 Å². The van der Waals surface area contributed by atoms with Crippen LogP contribution in [0.3, 0.4) is 0 Å². The van der Waals surface area contributed by atoms with Gasteiger partial charge in [0.15, 0.2) is 11.5 Å². The number of benzene rings is 1. The van der Waals surface area contributed by atoms with Crippen molar-refractivity contribution in [3.63, 3.8) is 0 Å². The van der Waals surface area contributed by atoms with Crippen LogP contribution in [0, 0.1) is 0 Å². The number of sulfonamides is 1. The molecule has 1 aromatic carbocycles. The number of carbonyl (C=O) groups is 1. The number of carbonyl (C=O) groups excluding carboxylic acids is 1. The third-order valence-electron chi connectivity index (χ3n) is 3.91. The van der Waals surface area contributed by atoms with Gasteiger partial charge >= 0.3 is 0 Å². The van der Waals surface area contributed by atoms with Crippen molar-refractivity contribution in [3.8, 4) is 11.5 Å². The molecule has 0 unspecified atom stereocenters. The Kier molecular flexibility index (Phi) is 6.52. The van der Waals surface area contributed by atoms with Crippen LogP contribution in [0.15, 0.2) is 18.2 Å². The van der Waals surface area contributed by atoms with E-state index in [-0.39, 0.29) is 25.7 Å². The number of hydrogen-bond donors (Lipinski definition) is 0. The summed E-state index contributed by atoms with van der Waals surface area (Å²) in [6.07, 6.45) is 3.03. The predicted molar refractivity (Wildman–Crippen MR) is 96.5 cm³/mol. The average molecular weight is 370 g/mol. The molecular formula is C17H26N2O5S. The average Bonchev–Trinajstić information content (AvgIpc) is 3.01. The van der Waals surface area contributed by atoms with Crippen LogP contribution < -0.4 is 13.8 Å². The number of nitrogens with zero attached hydrogens (tertiary/aromatic N) is 2. The second kappa shape index (κ2) is 8.42. The van der Waals surface area contributed by atoms with Gasteiger partial charge in [0, 0.05) is 32.1 Å². The maximum Gasteiger partial charge on any atom is 0.232 e. The maximum atomic E-state index is 12.4. The zero-order chi connectivity index (χ0) is 18.4. The SMILES string of the molecule is CCCN(CCC)C(=O)CCN(c1ccc2c(c1)OCO2)S(C)(=O)=O. The Bertz CT molecular complexity index is 699. The van der Waals surface area contributed by atoms with Gasteiger partial charge in [-0.15, -0.1) is 0 Å². The minimum Gasteiger partial charge on any atom is -0.454 e. The summed E-state index contributed by atoms with van der Waals surface area (Å²) in [5.74, 6) is 1.07. The summed E-state index contributed by atoms with van der Waals surface area (Å²) < 4.78 is 36.2. The topological polar surface area (TPSA) is 76.2 Å². The van der Waals surface area contributed by atoms with Crippen molar-refractivity contribution in [2.75, 3.05) is 37.0 Å². The van der Waals surface area contributed by atoms with Crippen LogP contribution in [0.4, 0.5) is 5.69 Å². The second-order valence-electron chi connectivity index (χ2n) is 6.00. The van der Waals surface area contributed by atoms with E-state index in [4.69, 9.17) is 9.47 Å². The molecule has 1 amide bonds. The molecule has 1 aromatic rings. The standard InChI is InChI=1S/C17H26N2O5S/c1-4-9-18(10-5-2)17(20)8-11-19(25(3,21)22)14-6-7-15-16(12-14)24-13-23-15/h6-7,12H,4-5,8-11,13H2,1-3H3. The van der Waals surface area contributed by atoms with E-state index in [1.54, 1.807) is 23.1 Å². The van der Waals surface area contributed by atoms with Gasteiger partial charge in [0.1, 0.15) is 0 Å². The van der Waals surface area contributed by atoms with Crippen LogP contribution >= 0.6 is 0 Å². The van der Waals surface area contributed by atoms with E-state index in [0.29, 0.717) is 30.3 Å². The number of anilines is 1. The molecule has 0 aromatic heterocycles. The van der Waals surface area contributed by atoms with Gasteiger partial charge in [0.25, 0.3) is 0 Å². The number of fused-ring (bicyclic) bond motifs is 1. The van der Waals surface area contributed by atoms with Gasteiger partial charge in [-0.1, -0.05) is 13.8 Å². The van der Waals surface area contributed by atoms with Gasteiger partial charge in [-0.3, -0.25) is 9.10 Å².